The van der Waals surface area contributed by atoms with E-state index in [0.717, 1.165) is 39.0 Å². The lowest BCUT2D eigenvalue weighted by atomic mass is 9.78. The van der Waals surface area contributed by atoms with Gasteiger partial charge in [0.15, 0.2) is 0 Å². The minimum atomic E-state index is 0.00602. The standard InChI is InChI=1S/C19H35N3O2/c23-18(20-11-7-14-22-12-5-2-6-13-22)21-17-8-15-24-19(16-17)9-3-1-4-10-19/h17H,1-16H2,(H2,20,21,23)/t17-/m1/s1. The Morgan fingerprint density at radius 3 is 2.62 bits per heavy atom. The van der Waals surface area contributed by atoms with Gasteiger partial charge in [0, 0.05) is 19.2 Å². The van der Waals surface area contributed by atoms with Crippen molar-refractivity contribution in [2.45, 2.75) is 82.3 Å². The van der Waals surface area contributed by atoms with Crippen LogP contribution in [-0.4, -0.2) is 55.4 Å². The second-order valence-corrected chi connectivity index (χ2v) is 7.94. The van der Waals surface area contributed by atoms with Crippen molar-refractivity contribution in [3.8, 4) is 0 Å². The first-order chi connectivity index (χ1) is 11.8. The van der Waals surface area contributed by atoms with Gasteiger partial charge in [-0.2, -0.15) is 0 Å². The molecule has 3 aliphatic rings. The Morgan fingerprint density at radius 1 is 1.08 bits per heavy atom. The highest BCUT2D eigenvalue weighted by Gasteiger charge is 2.38. The molecule has 5 nitrogen and oxygen atoms in total. The molecule has 1 saturated carbocycles. The van der Waals surface area contributed by atoms with Crippen molar-refractivity contribution in [2.24, 2.45) is 0 Å². The van der Waals surface area contributed by atoms with Gasteiger partial charge < -0.3 is 20.3 Å². The molecule has 0 unspecified atom stereocenters. The van der Waals surface area contributed by atoms with Crippen molar-refractivity contribution in [3.63, 3.8) is 0 Å². The number of nitrogens with zero attached hydrogens (tertiary/aromatic N) is 1. The molecule has 2 aliphatic heterocycles. The largest absolute Gasteiger partial charge is 0.375 e. The van der Waals surface area contributed by atoms with E-state index in [1.54, 1.807) is 0 Å². The molecule has 1 spiro atoms. The van der Waals surface area contributed by atoms with E-state index in [2.05, 4.69) is 15.5 Å². The van der Waals surface area contributed by atoms with E-state index in [1.165, 1.54) is 64.5 Å². The molecule has 2 saturated heterocycles. The SMILES string of the molecule is O=C(NCCCN1CCCCC1)N[C@@H]1CCOC2(CCCCC2)C1. The van der Waals surface area contributed by atoms with Crippen molar-refractivity contribution < 1.29 is 9.53 Å². The average molecular weight is 338 g/mol. The number of hydrogen-bond acceptors (Lipinski definition) is 3. The number of likely N-dealkylation sites (tertiary alicyclic amines) is 1. The number of rotatable bonds is 5. The van der Waals surface area contributed by atoms with Gasteiger partial charge in [0.2, 0.25) is 0 Å². The van der Waals surface area contributed by atoms with Gasteiger partial charge in [0.1, 0.15) is 0 Å². The summed E-state index contributed by atoms with van der Waals surface area (Å²) in [6.07, 6.45) is 13.3. The number of nitrogens with one attached hydrogen (secondary N) is 2. The first-order valence-electron chi connectivity index (χ1n) is 10.2. The molecule has 2 heterocycles. The van der Waals surface area contributed by atoms with E-state index in [9.17, 15) is 4.79 Å². The number of ether oxygens (including phenoxy) is 1. The van der Waals surface area contributed by atoms with Crippen LogP contribution in [0.4, 0.5) is 4.79 Å². The molecule has 138 valence electrons. The molecule has 0 aromatic rings. The summed E-state index contributed by atoms with van der Waals surface area (Å²) in [4.78, 5) is 14.7. The van der Waals surface area contributed by atoms with Gasteiger partial charge in [-0.1, -0.05) is 25.7 Å². The van der Waals surface area contributed by atoms with Crippen LogP contribution < -0.4 is 10.6 Å². The highest BCUT2D eigenvalue weighted by Crippen LogP contribution is 2.38. The minimum absolute atomic E-state index is 0.00602. The number of carbonyl (C=O) groups is 1. The Morgan fingerprint density at radius 2 is 1.83 bits per heavy atom. The molecule has 3 fully saturated rings. The van der Waals surface area contributed by atoms with E-state index in [-0.39, 0.29) is 17.7 Å². The molecule has 5 heteroatoms. The van der Waals surface area contributed by atoms with E-state index in [1.807, 2.05) is 0 Å². The maximum absolute atomic E-state index is 12.2. The number of amides is 2. The monoisotopic (exact) mass is 337 g/mol. The van der Waals surface area contributed by atoms with Crippen molar-refractivity contribution in [2.75, 3.05) is 32.8 Å². The zero-order chi connectivity index (χ0) is 16.7. The van der Waals surface area contributed by atoms with Gasteiger partial charge >= 0.3 is 6.03 Å². The van der Waals surface area contributed by atoms with Crippen molar-refractivity contribution in [1.29, 1.82) is 0 Å². The molecule has 3 rings (SSSR count). The van der Waals surface area contributed by atoms with Crippen LogP contribution in [0, 0.1) is 0 Å². The predicted octanol–water partition coefficient (Wildman–Crippen LogP) is 3.04. The zero-order valence-electron chi connectivity index (χ0n) is 15.2. The molecule has 0 aromatic carbocycles. The average Bonchev–Trinajstić information content (AvgIpc) is 2.60. The topological polar surface area (TPSA) is 53.6 Å². The van der Waals surface area contributed by atoms with Gasteiger partial charge in [-0.25, -0.2) is 4.79 Å². The van der Waals surface area contributed by atoms with Crippen LogP contribution in [0.25, 0.3) is 0 Å². The van der Waals surface area contributed by atoms with Crippen LogP contribution >= 0.6 is 0 Å². The van der Waals surface area contributed by atoms with Crippen LogP contribution in [0.5, 0.6) is 0 Å². The lowest BCUT2D eigenvalue weighted by Crippen LogP contribution is -2.51. The van der Waals surface area contributed by atoms with E-state index < -0.39 is 0 Å². The number of piperidine rings is 1. The summed E-state index contributed by atoms with van der Waals surface area (Å²) in [6.45, 7) is 5.14. The summed E-state index contributed by atoms with van der Waals surface area (Å²) >= 11 is 0. The summed E-state index contributed by atoms with van der Waals surface area (Å²) in [5.74, 6) is 0. The fourth-order valence-corrected chi connectivity index (χ4v) is 4.62. The number of urea groups is 1. The Kier molecular flexibility index (Phi) is 6.78. The number of hydrogen-bond donors (Lipinski definition) is 2. The summed E-state index contributed by atoms with van der Waals surface area (Å²) in [7, 11) is 0. The first kappa shape index (κ1) is 18.0. The third-order valence-corrected chi connectivity index (χ3v) is 5.98. The lowest BCUT2D eigenvalue weighted by molar-refractivity contribution is -0.107. The second kappa shape index (κ2) is 9.04. The maximum Gasteiger partial charge on any atom is 0.315 e. The van der Waals surface area contributed by atoms with Crippen LogP contribution in [0.3, 0.4) is 0 Å². The molecular formula is C19H35N3O2. The highest BCUT2D eigenvalue weighted by atomic mass is 16.5. The van der Waals surface area contributed by atoms with Gasteiger partial charge in [-0.05, 0) is 64.6 Å². The number of carbonyl (C=O) groups excluding carboxylic acids is 1. The molecule has 2 N–H and O–H groups in total. The summed E-state index contributed by atoms with van der Waals surface area (Å²) < 4.78 is 6.11. The summed E-state index contributed by atoms with van der Waals surface area (Å²) in [6, 6.07) is 0.283. The fraction of sp³-hybridized carbons (Fsp3) is 0.947. The Hall–Kier alpha value is -0.810. The Bertz CT molecular complexity index is 385. The second-order valence-electron chi connectivity index (χ2n) is 7.94. The van der Waals surface area contributed by atoms with Gasteiger partial charge in [-0.15, -0.1) is 0 Å². The maximum atomic E-state index is 12.2. The lowest BCUT2D eigenvalue weighted by Gasteiger charge is -2.43. The highest BCUT2D eigenvalue weighted by molar-refractivity contribution is 5.74. The van der Waals surface area contributed by atoms with Crippen LogP contribution in [-0.2, 0) is 4.74 Å². The van der Waals surface area contributed by atoms with Crippen LogP contribution in [0.1, 0.15) is 70.6 Å². The van der Waals surface area contributed by atoms with Gasteiger partial charge in [-0.3, -0.25) is 0 Å². The molecule has 1 aliphatic carbocycles. The summed E-state index contributed by atoms with van der Waals surface area (Å²) in [5, 5.41) is 6.23. The smallest absolute Gasteiger partial charge is 0.315 e. The molecule has 1 atom stereocenters. The van der Waals surface area contributed by atoms with Crippen molar-refractivity contribution in [1.82, 2.24) is 15.5 Å². The minimum Gasteiger partial charge on any atom is -0.375 e. The summed E-state index contributed by atoms with van der Waals surface area (Å²) in [5.41, 5.74) is 0.0582. The quantitative estimate of drug-likeness (QED) is 0.758. The molecule has 0 aromatic heterocycles. The third kappa shape index (κ3) is 5.35. The van der Waals surface area contributed by atoms with Gasteiger partial charge in [0.05, 0.1) is 5.60 Å². The van der Waals surface area contributed by atoms with Crippen molar-refractivity contribution >= 4 is 6.03 Å². The van der Waals surface area contributed by atoms with Gasteiger partial charge in [0.25, 0.3) is 0 Å². The van der Waals surface area contributed by atoms with Crippen LogP contribution in [0.15, 0.2) is 0 Å². The molecule has 0 bridgehead atoms. The zero-order valence-corrected chi connectivity index (χ0v) is 15.2. The fourth-order valence-electron chi connectivity index (χ4n) is 4.62. The predicted molar refractivity (Wildman–Crippen MR) is 96.2 cm³/mol. The first-order valence-corrected chi connectivity index (χ1v) is 10.2. The Labute approximate surface area is 146 Å². The van der Waals surface area contributed by atoms with E-state index in [0.29, 0.717) is 0 Å². The van der Waals surface area contributed by atoms with Crippen molar-refractivity contribution in [3.05, 3.63) is 0 Å². The van der Waals surface area contributed by atoms with Crippen LogP contribution in [0.2, 0.25) is 0 Å². The third-order valence-electron chi connectivity index (χ3n) is 5.98. The van der Waals surface area contributed by atoms with E-state index in [4.69, 9.17) is 4.74 Å². The normalized spacial score (nSPS) is 27.8. The molecule has 2 amide bonds. The Balaban J connectivity index is 1.31. The molecule has 24 heavy (non-hydrogen) atoms. The molecular weight excluding hydrogens is 302 g/mol. The molecule has 0 radical (unpaired) electrons. The van der Waals surface area contributed by atoms with E-state index >= 15 is 0 Å².